The molecule has 0 rings (SSSR count). The standard InChI is InChI=1S/C12H26S6/c13-3-1-2-5-15-7-9-17-11-12-18-10-8-16-6-4-14/h13-14H,1-12H2. The van der Waals surface area contributed by atoms with Crippen molar-refractivity contribution in [3.63, 3.8) is 0 Å². The largest absolute Gasteiger partial charge is 0.179 e. The monoisotopic (exact) mass is 362 g/mol. The average molecular weight is 363 g/mol. The summed E-state index contributed by atoms with van der Waals surface area (Å²) in [4.78, 5) is 0. The first kappa shape index (κ1) is 20.1. The number of hydrogen-bond donors (Lipinski definition) is 2. The quantitative estimate of drug-likeness (QED) is 0.323. The molecule has 0 radical (unpaired) electrons. The molecule has 110 valence electrons. The van der Waals surface area contributed by atoms with Gasteiger partial charge in [0.25, 0.3) is 0 Å². The first-order valence-electron chi connectivity index (χ1n) is 6.44. The van der Waals surface area contributed by atoms with Crippen LogP contribution < -0.4 is 0 Å². The van der Waals surface area contributed by atoms with Crippen molar-refractivity contribution in [3.8, 4) is 0 Å². The van der Waals surface area contributed by atoms with E-state index >= 15 is 0 Å². The van der Waals surface area contributed by atoms with Crippen LogP contribution in [-0.4, -0.2) is 57.5 Å². The summed E-state index contributed by atoms with van der Waals surface area (Å²) in [6.07, 6.45) is 2.60. The zero-order valence-corrected chi connectivity index (χ0v) is 16.1. The Hall–Kier alpha value is 2.10. The second-order valence-corrected chi connectivity index (χ2v) is 9.40. The molecule has 0 fully saturated rings. The van der Waals surface area contributed by atoms with E-state index in [0.717, 1.165) is 11.5 Å². The van der Waals surface area contributed by atoms with E-state index in [9.17, 15) is 0 Å². The lowest BCUT2D eigenvalue weighted by atomic mass is 10.4. The molecular weight excluding hydrogens is 337 g/mol. The van der Waals surface area contributed by atoms with Crippen molar-refractivity contribution < 1.29 is 0 Å². The highest BCUT2D eigenvalue weighted by atomic mass is 32.2. The van der Waals surface area contributed by atoms with Crippen molar-refractivity contribution in [2.45, 2.75) is 12.8 Å². The van der Waals surface area contributed by atoms with Gasteiger partial charge in [-0.3, -0.25) is 0 Å². The maximum atomic E-state index is 4.22. The van der Waals surface area contributed by atoms with Crippen molar-refractivity contribution in [1.82, 2.24) is 0 Å². The van der Waals surface area contributed by atoms with E-state index in [1.54, 1.807) is 0 Å². The highest BCUT2D eigenvalue weighted by Crippen LogP contribution is 2.12. The third-order valence-electron chi connectivity index (χ3n) is 2.05. The molecule has 0 amide bonds. The normalized spacial score (nSPS) is 11.0. The lowest BCUT2D eigenvalue weighted by molar-refractivity contribution is 0.910. The van der Waals surface area contributed by atoms with E-state index in [0.29, 0.717) is 0 Å². The topological polar surface area (TPSA) is 0 Å². The van der Waals surface area contributed by atoms with Crippen LogP contribution in [-0.2, 0) is 0 Å². The molecule has 0 aromatic heterocycles. The lowest BCUT2D eigenvalue weighted by Crippen LogP contribution is -1.94. The van der Waals surface area contributed by atoms with Crippen molar-refractivity contribution >= 4 is 72.3 Å². The Labute approximate surface area is 142 Å². The van der Waals surface area contributed by atoms with Gasteiger partial charge in [0.2, 0.25) is 0 Å². The van der Waals surface area contributed by atoms with Gasteiger partial charge in [0.15, 0.2) is 0 Å². The van der Waals surface area contributed by atoms with Crippen molar-refractivity contribution in [2.24, 2.45) is 0 Å². The van der Waals surface area contributed by atoms with E-state index in [1.165, 1.54) is 58.9 Å². The summed E-state index contributed by atoms with van der Waals surface area (Å²) in [5.74, 6) is 12.4. The Bertz CT molecular complexity index is 129. The van der Waals surface area contributed by atoms with E-state index in [1.807, 2.05) is 11.8 Å². The molecule has 0 saturated heterocycles. The fourth-order valence-electron chi connectivity index (χ4n) is 1.14. The maximum Gasteiger partial charge on any atom is 0.00238 e. The Morgan fingerprint density at radius 2 is 0.889 bits per heavy atom. The van der Waals surface area contributed by atoms with Crippen LogP contribution in [0.4, 0.5) is 0 Å². The minimum absolute atomic E-state index is 1.01. The van der Waals surface area contributed by atoms with Gasteiger partial charge in [-0.1, -0.05) is 0 Å². The van der Waals surface area contributed by atoms with E-state index in [-0.39, 0.29) is 0 Å². The highest BCUT2D eigenvalue weighted by Gasteiger charge is 1.93. The maximum absolute atomic E-state index is 4.22. The highest BCUT2D eigenvalue weighted by molar-refractivity contribution is 8.05. The zero-order valence-electron chi connectivity index (χ0n) is 11.0. The Kier molecular flexibility index (Phi) is 21.3. The molecule has 0 aliphatic rings. The molecule has 0 atom stereocenters. The van der Waals surface area contributed by atoms with Gasteiger partial charge < -0.3 is 0 Å². The van der Waals surface area contributed by atoms with E-state index in [2.05, 4.69) is 60.5 Å². The summed E-state index contributed by atoms with van der Waals surface area (Å²) < 4.78 is 0. The van der Waals surface area contributed by atoms with Crippen molar-refractivity contribution in [2.75, 3.05) is 57.5 Å². The molecule has 0 heterocycles. The van der Waals surface area contributed by atoms with Gasteiger partial charge in [-0.05, 0) is 30.1 Å². The molecule has 0 spiro atoms. The third-order valence-corrected chi connectivity index (χ3v) is 7.69. The van der Waals surface area contributed by atoms with Crippen molar-refractivity contribution in [1.29, 1.82) is 0 Å². The average Bonchev–Trinajstić information content (AvgIpc) is 2.39. The Morgan fingerprint density at radius 3 is 1.33 bits per heavy atom. The number of hydrogen-bond acceptors (Lipinski definition) is 6. The molecule has 0 aromatic rings. The summed E-state index contributed by atoms with van der Waals surface area (Å²) >= 11 is 16.7. The summed E-state index contributed by atoms with van der Waals surface area (Å²) in [7, 11) is 0. The van der Waals surface area contributed by atoms with Crippen LogP contribution in [0.25, 0.3) is 0 Å². The fraction of sp³-hybridized carbons (Fsp3) is 1.00. The van der Waals surface area contributed by atoms with Gasteiger partial charge in [0, 0.05) is 40.3 Å². The minimum atomic E-state index is 1.01. The number of thioether (sulfide) groups is 4. The van der Waals surface area contributed by atoms with Gasteiger partial charge in [0.1, 0.15) is 0 Å². The second kappa shape index (κ2) is 19.1. The molecule has 0 unspecified atom stereocenters. The molecule has 0 saturated carbocycles. The van der Waals surface area contributed by atoms with Crippen LogP contribution in [0.3, 0.4) is 0 Å². The van der Waals surface area contributed by atoms with Crippen LogP contribution in [0, 0.1) is 0 Å². The third kappa shape index (κ3) is 18.1. The van der Waals surface area contributed by atoms with Gasteiger partial charge in [0.05, 0.1) is 0 Å². The summed E-state index contributed by atoms with van der Waals surface area (Å²) in [6.45, 7) is 0. The van der Waals surface area contributed by atoms with Gasteiger partial charge in [-0.15, -0.1) is 0 Å². The number of unbranched alkanes of at least 4 members (excludes halogenated alkanes) is 1. The first-order chi connectivity index (χ1) is 8.91. The van der Waals surface area contributed by atoms with Crippen LogP contribution in [0.15, 0.2) is 0 Å². The van der Waals surface area contributed by atoms with Gasteiger partial charge in [-0.25, -0.2) is 0 Å². The fourth-order valence-corrected chi connectivity index (χ4v) is 5.94. The number of thiol groups is 2. The first-order valence-corrected chi connectivity index (χ1v) is 12.3. The minimum Gasteiger partial charge on any atom is -0.179 e. The van der Waals surface area contributed by atoms with Crippen LogP contribution in [0.5, 0.6) is 0 Å². The summed E-state index contributed by atoms with van der Waals surface area (Å²) in [6, 6.07) is 0. The van der Waals surface area contributed by atoms with Gasteiger partial charge in [-0.2, -0.15) is 72.3 Å². The predicted octanol–water partition coefficient (Wildman–Crippen LogP) is 4.56. The molecule has 0 bridgehead atoms. The van der Waals surface area contributed by atoms with Crippen molar-refractivity contribution in [3.05, 3.63) is 0 Å². The smallest absolute Gasteiger partial charge is 0.00238 e. The molecule has 0 aromatic carbocycles. The summed E-state index contributed by atoms with van der Waals surface area (Å²) in [5, 5.41) is 0. The molecule has 0 nitrogen and oxygen atoms in total. The molecule has 0 aliphatic heterocycles. The SMILES string of the molecule is SCCCCSCCSCCSCCSCCS. The Balaban J connectivity index is 2.86. The molecule has 18 heavy (non-hydrogen) atoms. The zero-order chi connectivity index (χ0) is 13.3. The van der Waals surface area contributed by atoms with Crippen LogP contribution in [0.2, 0.25) is 0 Å². The van der Waals surface area contributed by atoms with Crippen LogP contribution in [0.1, 0.15) is 12.8 Å². The van der Waals surface area contributed by atoms with E-state index < -0.39 is 0 Å². The molecule has 0 aliphatic carbocycles. The molecule has 0 N–H and O–H groups in total. The Morgan fingerprint density at radius 1 is 0.444 bits per heavy atom. The lowest BCUT2D eigenvalue weighted by Gasteiger charge is -2.03. The molecule has 6 heteroatoms. The van der Waals surface area contributed by atoms with E-state index in [4.69, 9.17) is 0 Å². The second-order valence-electron chi connectivity index (χ2n) is 3.60. The molecular formula is C12H26S6. The predicted molar refractivity (Wildman–Crippen MR) is 106 cm³/mol. The number of rotatable bonds is 15. The summed E-state index contributed by atoms with van der Waals surface area (Å²) in [5.41, 5.74) is 0. The van der Waals surface area contributed by atoms with Gasteiger partial charge >= 0.3 is 0 Å². The van der Waals surface area contributed by atoms with Crippen LogP contribution >= 0.6 is 72.3 Å².